The van der Waals surface area contributed by atoms with Crippen LogP contribution in [-0.2, 0) is 10.0 Å². The first-order valence-electron chi connectivity index (χ1n) is 5.89. The zero-order valence-corrected chi connectivity index (χ0v) is 12.2. The molecule has 0 amide bonds. The van der Waals surface area contributed by atoms with Crippen LogP contribution in [0.25, 0.3) is 10.2 Å². The van der Waals surface area contributed by atoms with Crippen LogP contribution in [-0.4, -0.2) is 13.4 Å². The maximum atomic E-state index is 13.4. The van der Waals surface area contributed by atoms with E-state index >= 15 is 0 Å². The third-order valence-electron chi connectivity index (χ3n) is 2.80. The molecule has 5 nitrogen and oxygen atoms in total. The van der Waals surface area contributed by atoms with E-state index in [9.17, 15) is 12.8 Å². The second-order valence-corrected chi connectivity index (χ2v) is 6.99. The van der Waals surface area contributed by atoms with Crippen molar-refractivity contribution in [3.8, 4) is 0 Å². The quantitative estimate of drug-likeness (QED) is 0.726. The van der Waals surface area contributed by atoms with Gasteiger partial charge in [0.15, 0.2) is 5.13 Å². The molecule has 1 aromatic heterocycles. The van der Waals surface area contributed by atoms with Crippen molar-refractivity contribution in [3.63, 3.8) is 0 Å². The first kappa shape index (κ1) is 13.8. The van der Waals surface area contributed by atoms with E-state index in [1.165, 1.54) is 23.5 Å². The molecule has 3 aromatic rings. The molecule has 0 fully saturated rings. The maximum Gasteiger partial charge on any atom is 0.263 e. The van der Waals surface area contributed by atoms with Gasteiger partial charge in [-0.25, -0.2) is 17.8 Å². The maximum absolute atomic E-state index is 13.4. The van der Waals surface area contributed by atoms with Gasteiger partial charge in [-0.3, -0.25) is 4.72 Å². The first-order valence-corrected chi connectivity index (χ1v) is 8.19. The minimum atomic E-state index is -3.90. The third-order valence-corrected chi connectivity index (χ3v) is 5.22. The van der Waals surface area contributed by atoms with Gasteiger partial charge in [0.2, 0.25) is 0 Å². The summed E-state index contributed by atoms with van der Waals surface area (Å²) in [5.41, 5.74) is 5.93. The molecule has 0 aliphatic heterocycles. The number of aromatic nitrogens is 1. The third kappa shape index (κ3) is 2.67. The van der Waals surface area contributed by atoms with Crippen LogP contribution in [0.3, 0.4) is 0 Å². The zero-order valence-electron chi connectivity index (χ0n) is 10.6. The van der Waals surface area contributed by atoms with Gasteiger partial charge in [0.1, 0.15) is 5.82 Å². The molecule has 0 unspecified atom stereocenters. The van der Waals surface area contributed by atoms with Gasteiger partial charge in [-0.2, -0.15) is 0 Å². The molecular weight excluding hydrogens is 313 g/mol. The van der Waals surface area contributed by atoms with Crippen LogP contribution in [0.1, 0.15) is 0 Å². The molecule has 0 radical (unpaired) electrons. The Bertz CT molecular complexity index is 889. The van der Waals surface area contributed by atoms with Crippen LogP contribution in [0.4, 0.5) is 15.2 Å². The molecule has 0 saturated carbocycles. The van der Waals surface area contributed by atoms with Gasteiger partial charge in [-0.1, -0.05) is 23.5 Å². The molecule has 8 heteroatoms. The minimum absolute atomic E-state index is 0.103. The fourth-order valence-corrected chi connectivity index (χ4v) is 3.88. The van der Waals surface area contributed by atoms with Crippen LogP contribution < -0.4 is 10.5 Å². The Morgan fingerprint density at radius 3 is 2.67 bits per heavy atom. The standard InChI is InChI=1S/C13H10FN3O2S2/c14-9-7-8(5-6-10(9)15)21(18,19)17-13-16-11-3-1-2-4-12(11)20-13/h1-7H,15H2,(H,16,17). The van der Waals surface area contributed by atoms with E-state index < -0.39 is 15.8 Å². The van der Waals surface area contributed by atoms with E-state index in [-0.39, 0.29) is 15.7 Å². The number of nitrogens with two attached hydrogens (primary N) is 1. The van der Waals surface area contributed by atoms with Crippen LogP contribution in [0.15, 0.2) is 47.4 Å². The summed E-state index contributed by atoms with van der Waals surface area (Å²) >= 11 is 1.21. The lowest BCUT2D eigenvalue weighted by Gasteiger charge is -2.05. The Morgan fingerprint density at radius 2 is 1.95 bits per heavy atom. The molecule has 0 spiro atoms. The molecule has 0 bridgehead atoms. The predicted octanol–water partition coefficient (Wildman–Crippen LogP) is 2.82. The number of para-hydroxylation sites is 1. The molecule has 1 heterocycles. The van der Waals surface area contributed by atoms with Crippen molar-refractivity contribution in [1.29, 1.82) is 0 Å². The molecule has 0 atom stereocenters. The van der Waals surface area contributed by atoms with Crippen molar-refractivity contribution < 1.29 is 12.8 Å². The van der Waals surface area contributed by atoms with Crippen LogP contribution >= 0.6 is 11.3 Å². The number of nitrogens with one attached hydrogen (secondary N) is 1. The summed E-state index contributed by atoms with van der Waals surface area (Å²) in [5, 5.41) is 0.230. The highest BCUT2D eigenvalue weighted by molar-refractivity contribution is 7.93. The number of thiazole rings is 1. The Hall–Kier alpha value is -2.19. The highest BCUT2D eigenvalue weighted by atomic mass is 32.2. The summed E-state index contributed by atoms with van der Waals surface area (Å²) in [7, 11) is -3.90. The summed E-state index contributed by atoms with van der Waals surface area (Å²) in [6.45, 7) is 0. The Balaban J connectivity index is 1.96. The first-order chi connectivity index (χ1) is 9.95. The number of nitrogens with zero attached hydrogens (tertiary/aromatic N) is 1. The van der Waals surface area contributed by atoms with Gasteiger partial charge in [-0.15, -0.1) is 0 Å². The van der Waals surface area contributed by atoms with E-state index in [2.05, 4.69) is 9.71 Å². The summed E-state index contributed by atoms with van der Waals surface area (Å²) < 4.78 is 41.0. The van der Waals surface area contributed by atoms with Gasteiger partial charge < -0.3 is 5.73 Å². The number of nitrogen functional groups attached to an aromatic ring is 1. The average molecular weight is 323 g/mol. The van der Waals surface area contributed by atoms with E-state index in [4.69, 9.17) is 5.73 Å². The number of hydrogen-bond donors (Lipinski definition) is 2. The van der Waals surface area contributed by atoms with Gasteiger partial charge in [0.05, 0.1) is 20.8 Å². The molecule has 0 saturated heterocycles. The smallest absolute Gasteiger partial charge is 0.263 e. The number of hydrogen-bond acceptors (Lipinski definition) is 5. The van der Waals surface area contributed by atoms with Gasteiger partial charge >= 0.3 is 0 Å². The summed E-state index contributed by atoms with van der Waals surface area (Å²) in [6.07, 6.45) is 0. The second-order valence-electron chi connectivity index (χ2n) is 4.28. The van der Waals surface area contributed by atoms with Gasteiger partial charge in [-0.05, 0) is 30.3 Å². The topological polar surface area (TPSA) is 85.1 Å². The lowest BCUT2D eigenvalue weighted by Crippen LogP contribution is -2.13. The van der Waals surface area contributed by atoms with Crippen molar-refractivity contribution in [2.75, 3.05) is 10.5 Å². The predicted molar refractivity (Wildman–Crippen MR) is 81.2 cm³/mol. The number of benzene rings is 2. The molecular formula is C13H10FN3O2S2. The summed E-state index contributed by atoms with van der Waals surface area (Å²) in [6, 6.07) is 10.6. The summed E-state index contributed by atoms with van der Waals surface area (Å²) in [4.78, 5) is 3.97. The van der Waals surface area contributed by atoms with Crippen LogP contribution in [0.2, 0.25) is 0 Å². The van der Waals surface area contributed by atoms with Crippen molar-refractivity contribution in [1.82, 2.24) is 4.98 Å². The number of rotatable bonds is 3. The normalized spacial score (nSPS) is 11.7. The van der Waals surface area contributed by atoms with E-state index in [1.807, 2.05) is 18.2 Å². The van der Waals surface area contributed by atoms with Gasteiger partial charge in [0.25, 0.3) is 10.0 Å². The zero-order chi connectivity index (χ0) is 15.0. The van der Waals surface area contributed by atoms with E-state index in [1.54, 1.807) is 6.07 Å². The van der Waals surface area contributed by atoms with Crippen molar-refractivity contribution in [2.45, 2.75) is 4.90 Å². The number of sulfonamides is 1. The molecule has 3 N–H and O–H groups in total. The molecule has 108 valence electrons. The van der Waals surface area contributed by atoms with Crippen LogP contribution in [0, 0.1) is 5.82 Å². The fourth-order valence-electron chi connectivity index (χ4n) is 1.76. The van der Waals surface area contributed by atoms with E-state index in [0.29, 0.717) is 5.52 Å². The largest absolute Gasteiger partial charge is 0.396 e. The lowest BCUT2D eigenvalue weighted by molar-refractivity contribution is 0.596. The monoisotopic (exact) mass is 323 g/mol. The van der Waals surface area contributed by atoms with Gasteiger partial charge in [0, 0.05) is 0 Å². The molecule has 0 aliphatic rings. The number of halogens is 1. The van der Waals surface area contributed by atoms with Crippen LogP contribution in [0.5, 0.6) is 0 Å². The minimum Gasteiger partial charge on any atom is -0.396 e. The molecule has 3 rings (SSSR count). The lowest BCUT2D eigenvalue weighted by atomic mass is 10.3. The van der Waals surface area contributed by atoms with E-state index in [0.717, 1.165) is 10.8 Å². The fraction of sp³-hybridized carbons (Fsp3) is 0. The SMILES string of the molecule is Nc1ccc(S(=O)(=O)Nc2nc3ccccc3s2)cc1F. The Labute approximate surface area is 124 Å². The van der Waals surface area contributed by atoms with Crippen molar-refractivity contribution in [2.24, 2.45) is 0 Å². The number of fused-ring (bicyclic) bond motifs is 1. The molecule has 21 heavy (non-hydrogen) atoms. The Morgan fingerprint density at radius 1 is 1.19 bits per heavy atom. The molecule has 2 aromatic carbocycles. The molecule has 0 aliphatic carbocycles. The Kier molecular flexibility index (Phi) is 3.26. The van der Waals surface area contributed by atoms with Crippen molar-refractivity contribution >= 4 is 42.4 Å². The highest BCUT2D eigenvalue weighted by Crippen LogP contribution is 2.27. The highest BCUT2D eigenvalue weighted by Gasteiger charge is 2.18. The van der Waals surface area contributed by atoms with Crippen molar-refractivity contribution in [3.05, 3.63) is 48.3 Å². The second kappa shape index (κ2) is 4.97. The number of anilines is 2. The summed E-state index contributed by atoms with van der Waals surface area (Å²) in [5.74, 6) is -0.776. The average Bonchev–Trinajstić information content (AvgIpc) is 2.82.